The number of piperazine rings is 1. The fraction of sp³-hybridized carbons (Fsp3) is 0.370. The number of sulfonamides is 1. The number of halogens is 3. The van der Waals surface area contributed by atoms with Gasteiger partial charge in [0.25, 0.3) is 5.91 Å². The van der Waals surface area contributed by atoms with Gasteiger partial charge in [0.15, 0.2) is 11.5 Å². The molecule has 2 N–H and O–H groups in total. The molecular formula is C27H30F3N5O5S. The lowest BCUT2D eigenvalue weighted by Crippen LogP contribution is -2.46. The lowest BCUT2D eigenvalue weighted by Gasteiger charge is -2.35. The lowest BCUT2D eigenvalue weighted by atomic mass is 10.0. The maximum absolute atomic E-state index is 12.3. The summed E-state index contributed by atoms with van der Waals surface area (Å²) in [6.07, 6.45) is -6.23. The molecule has 0 saturated carbocycles. The van der Waals surface area contributed by atoms with Gasteiger partial charge in [-0.3, -0.25) is 9.69 Å². The Bertz CT molecular complexity index is 1460. The zero-order valence-corrected chi connectivity index (χ0v) is 23.1. The second-order valence-electron chi connectivity index (χ2n) is 9.50. The Morgan fingerprint density at radius 3 is 2.41 bits per heavy atom. The predicted molar refractivity (Wildman–Crippen MR) is 146 cm³/mol. The highest BCUT2D eigenvalue weighted by atomic mass is 32.2. The van der Waals surface area contributed by atoms with Gasteiger partial charge in [-0.1, -0.05) is 12.1 Å². The fourth-order valence-electron chi connectivity index (χ4n) is 4.36. The highest BCUT2D eigenvalue weighted by Crippen LogP contribution is 2.29. The smallest absolute Gasteiger partial charge is 0.390 e. The van der Waals surface area contributed by atoms with Crippen LogP contribution in [0.2, 0.25) is 0 Å². The first-order valence-electron chi connectivity index (χ1n) is 12.9. The summed E-state index contributed by atoms with van der Waals surface area (Å²) in [5, 5.41) is 17.7. The van der Waals surface area contributed by atoms with E-state index in [9.17, 15) is 31.5 Å². The number of aromatic nitrogens is 2. The van der Waals surface area contributed by atoms with Crippen LogP contribution in [0.5, 0.6) is 11.5 Å². The standard InChI is InChI=1S/C27H30F3N5O5S/c1-2-40-23-15-19(14-21(17-23)20-4-3-5-22(36)16-20)18-34-9-11-35(12-10-34)25-7-6-24(31-32-25)26(37)33-41(38,39)13-8-27(28,29)30/h3-7,14-17,36H,2,8-13,18H2,1H3,(H,33,37). The number of carbonyl (C=O) groups excluding carboxylic acids is 1. The van der Waals surface area contributed by atoms with Gasteiger partial charge in [-0.25, -0.2) is 13.1 Å². The minimum absolute atomic E-state index is 0.185. The minimum atomic E-state index is -4.66. The molecule has 220 valence electrons. The van der Waals surface area contributed by atoms with E-state index in [-0.39, 0.29) is 11.4 Å². The first-order valence-corrected chi connectivity index (χ1v) is 14.5. The van der Waals surface area contributed by atoms with Crippen LogP contribution in [0, 0.1) is 0 Å². The van der Waals surface area contributed by atoms with Crippen molar-refractivity contribution in [1.29, 1.82) is 0 Å². The van der Waals surface area contributed by atoms with Crippen LogP contribution in [-0.2, 0) is 16.6 Å². The Morgan fingerprint density at radius 2 is 1.78 bits per heavy atom. The summed E-state index contributed by atoms with van der Waals surface area (Å²) in [4.78, 5) is 16.4. The van der Waals surface area contributed by atoms with Crippen LogP contribution in [0.4, 0.5) is 19.0 Å². The number of nitrogens with one attached hydrogen (secondary N) is 1. The fourth-order valence-corrected chi connectivity index (χ4v) is 5.35. The first-order chi connectivity index (χ1) is 19.4. The number of amides is 1. The predicted octanol–water partition coefficient (Wildman–Crippen LogP) is 3.58. The zero-order chi connectivity index (χ0) is 29.6. The van der Waals surface area contributed by atoms with Gasteiger partial charge in [0, 0.05) is 32.7 Å². The second-order valence-corrected chi connectivity index (χ2v) is 11.3. The van der Waals surface area contributed by atoms with Crippen molar-refractivity contribution in [2.75, 3.05) is 43.4 Å². The van der Waals surface area contributed by atoms with Crippen molar-refractivity contribution < 1.29 is 36.2 Å². The number of alkyl halides is 3. The third-order valence-electron chi connectivity index (χ3n) is 6.34. The molecule has 10 nitrogen and oxygen atoms in total. The van der Waals surface area contributed by atoms with E-state index in [1.165, 1.54) is 12.1 Å². The Labute approximate surface area is 235 Å². The topological polar surface area (TPSA) is 125 Å². The number of phenols is 1. The van der Waals surface area contributed by atoms with Gasteiger partial charge in [0.1, 0.15) is 11.5 Å². The van der Waals surface area contributed by atoms with Gasteiger partial charge in [0.05, 0.1) is 18.8 Å². The molecule has 1 aromatic heterocycles. The number of benzene rings is 2. The molecule has 2 aromatic carbocycles. The maximum Gasteiger partial charge on any atom is 0.390 e. The van der Waals surface area contributed by atoms with Crippen molar-refractivity contribution in [3.8, 4) is 22.6 Å². The molecule has 0 atom stereocenters. The monoisotopic (exact) mass is 593 g/mol. The number of carbonyl (C=O) groups is 1. The Hall–Kier alpha value is -3.91. The molecule has 1 amide bonds. The molecule has 1 aliphatic rings. The van der Waals surface area contributed by atoms with E-state index in [4.69, 9.17) is 4.74 Å². The number of hydrogen-bond donors (Lipinski definition) is 2. The van der Waals surface area contributed by atoms with Crippen molar-refractivity contribution in [2.24, 2.45) is 0 Å². The minimum Gasteiger partial charge on any atom is -0.508 e. The SMILES string of the molecule is CCOc1cc(CN2CCN(c3ccc(C(=O)NS(=O)(=O)CCC(F)(F)F)nn3)CC2)cc(-c2cccc(O)c2)c1. The number of aromatic hydroxyl groups is 1. The highest BCUT2D eigenvalue weighted by Gasteiger charge is 2.31. The van der Waals surface area contributed by atoms with E-state index in [0.717, 1.165) is 22.4 Å². The molecule has 3 aromatic rings. The van der Waals surface area contributed by atoms with Gasteiger partial charge in [0.2, 0.25) is 10.0 Å². The highest BCUT2D eigenvalue weighted by molar-refractivity contribution is 7.90. The van der Waals surface area contributed by atoms with Crippen LogP contribution < -0.4 is 14.4 Å². The summed E-state index contributed by atoms with van der Waals surface area (Å²) >= 11 is 0. The van der Waals surface area contributed by atoms with Crippen molar-refractivity contribution in [3.63, 3.8) is 0 Å². The second kappa shape index (κ2) is 12.7. The third-order valence-corrected chi connectivity index (χ3v) is 7.58. The normalized spacial score (nSPS) is 14.6. The van der Waals surface area contributed by atoms with Crippen LogP contribution in [-0.4, -0.2) is 79.2 Å². The maximum atomic E-state index is 12.3. The molecule has 0 spiro atoms. The summed E-state index contributed by atoms with van der Waals surface area (Å²) in [5.74, 6) is -0.981. The molecule has 14 heteroatoms. The van der Waals surface area contributed by atoms with Gasteiger partial charge < -0.3 is 14.7 Å². The summed E-state index contributed by atoms with van der Waals surface area (Å²) in [5.41, 5.74) is 2.56. The molecule has 1 aliphatic heterocycles. The summed E-state index contributed by atoms with van der Waals surface area (Å²) in [6.45, 7) is 5.78. The molecule has 2 heterocycles. The molecule has 0 radical (unpaired) electrons. The first kappa shape index (κ1) is 30.1. The third kappa shape index (κ3) is 8.79. The average molecular weight is 594 g/mol. The van der Waals surface area contributed by atoms with Crippen molar-refractivity contribution in [3.05, 3.63) is 65.9 Å². The summed E-state index contributed by atoms with van der Waals surface area (Å²) in [6, 6.07) is 15.9. The molecular weight excluding hydrogens is 563 g/mol. The van der Waals surface area contributed by atoms with Crippen LogP contribution in [0.15, 0.2) is 54.6 Å². The van der Waals surface area contributed by atoms with E-state index in [2.05, 4.69) is 21.2 Å². The summed E-state index contributed by atoms with van der Waals surface area (Å²) < 4.78 is 67.9. The molecule has 1 saturated heterocycles. The molecule has 0 bridgehead atoms. The van der Waals surface area contributed by atoms with Gasteiger partial charge in [-0.2, -0.15) is 13.2 Å². The van der Waals surface area contributed by atoms with Crippen LogP contribution >= 0.6 is 0 Å². The summed E-state index contributed by atoms with van der Waals surface area (Å²) in [7, 11) is -4.47. The zero-order valence-electron chi connectivity index (χ0n) is 22.3. The van der Waals surface area contributed by atoms with Gasteiger partial charge in [-0.05, 0) is 66.1 Å². The number of rotatable bonds is 10. The van der Waals surface area contributed by atoms with E-state index in [0.29, 0.717) is 45.1 Å². The van der Waals surface area contributed by atoms with E-state index in [1.54, 1.807) is 22.9 Å². The molecule has 41 heavy (non-hydrogen) atoms. The van der Waals surface area contributed by atoms with Gasteiger partial charge >= 0.3 is 6.18 Å². The van der Waals surface area contributed by atoms with E-state index < -0.39 is 34.3 Å². The lowest BCUT2D eigenvalue weighted by molar-refractivity contribution is -0.130. The quantitative estimate of drug-likeness (QED) is 0.363. The number of ether oxygens (including phenoxy) is 1. The average Bonchev–Trinajstić information content (AvgIpc) is 2.92. The van der Waals surface area contributed by atoms with Gasteiger partial charge in [-0.15, -0.1) is 10.2 Å². The number of anilines is 1. The van der Waals surface area contributed by atoms with Crippen LogP contribution in [0.25, 0.3) is 11.1 Å². The van der Waals surface area contributed by atoms with E-state index in [1.807, 2.05) is 30.0 Å². The van der Waals surface area contributed by atoms with Crippen LogP contribution in [0.3, 0.4) is 0 Å². The molecule has 4 rings (SSSR count). The van der Waals surface area contributed by atoms with Crippen molar-refractivity contribution >= 4 is 21.7 Å². The van der Waals surface area contributed by atoms with Crippen LogP contribution in [0.1, 0.15) is 29.4 Å². The number of phenolic OH excluding ortho intramolecular Hbond substituents is 1. The Morgan fingerprint density at radius 1 is 1.02 bits per heavy atom. The Kier molecular flexibility index (Phi) is 9.33. The molecule has 0 aliphatic carbocycles. The number of hydrogen-bond acceptors (Lipinski definition) is 9. The Balaban J connectivity index is 1.34. The number of nitrogens with zero attached hydrogens (tertiary/aromatic N) is 4. The van der Waals surface area contributed by atoms with E-state index >= 15 is 0 Å². The molecule has 0 unspecified atom stereocenters. The van der Waals surface area contributed by atoms with Crippen molar-refractivity contribution in [2.45, 2.75) is 26.1 Å². The molecule has 1 fully saturated rings. The largest absolute Gasteiger partial charge is 0.508 e. The van der Waals surface area contributed by atoms with Crippen molar-refractivity contribution in [1.82, 2.24) is 19.8 Å².